The highest BCUT2D eigenvalue weighted by molar-refractivity contribution is 6.36. The molecule has 3 rings (SSSR count). The maximum absolute atomic E-state index is 12.7. The third kappa shape index (κ3) is 4.24. The molecule has 152 valence electrons. The highest BCUT2D eigenvalue weighted by Gasteiger charge is 2.27. The van der Waals surface area contributed by atoms with Crippen molar-refractivity contribution >= 4 is 46.1 Å². The Morgan fingerprint density at radius 2 is 2.00 bits per heavy atom. The highest BCUT2D eigenvalue weighted by Crippen LogP contribution is 2.35. The van der Waals surface area contributed by atoms with E-state index in [0.29, 0.717) is 48.0 Å². The number of hydrogen-bond acceptors (Lipinski definition) is 6. The van der Waals surface area contributed by atoms with Gasteiger partial charge in [0.15, 0.2) is 5.78 Å². The number of piperazine rings is 1. The third-order valence-corrected chi connectivity index (χ3v) is 5.28. The molecular formula is C21H24ClN5O2. The lowest BCUT2D eigenvalue weighted by Crippen LogP contribution is -2.50. The Balaban J connectivity index is 1.89. The van der Waals surface area contributed by atoms with Crippen LogP contribution < -0.4 is 10.2 Å². The number of carbonyl (C=O) groups excluding carboxylic acids is 2. The van der Waals surface area contributed by atoms with Crippen LogP contribution in [0.25, 0.3) is 10.9 Å². The number of anilines is 1. The summed E-state index contributed by atoms with van der Waals surface area (Å²) in [6.45, 7) is 3.80. The monoisotopic (exact) mass is 413 g/mol. The molecule has 1 amide bonds. The van der Waals surface area contributed by atoms with E-state index in [1.165, 1.54) is 6.92 Å². The predicted molar refractivity (Wildman–Crippen MR) is 117 cm³/mol. The second-order valence-electron chi connectivity index (χ2n) is 6.73. The van der Waals surface area contributed by atoms with Gasteiger partial charge in [0.05, 0.1) is 16.2 Å². The number of amides is 1. The molecule has 8 heteroatoms. The molecule has 1 aliphatic heterocycles. The molecule has 2 aromatic rings. The molecule has 0 saturated carbocycles. The molecule has 2 heterocycles. The number of likely N-dealkylation sites (N-methyl/N-ethyl adjacent to an activating group) is 1. The molecule has 1 fully saturated rings. The zero-order valence-electron chi connectivity index (χ0n) is 16.8. The number of halogens is 1. The van der Waals surface area contributed by atoms with Crippen molar-refractivity contribution in [2.45, 2.75) is 6.92 Å². The van der Waals surface area contributed by atoms with Crippen LogP contribution in [0.2, 0.25) is 5.02 Å². The summed E-state index contributed by atoms with van der Waals surface area (Å²) in [5, 5.41) is 4.25. The van der Waals surface area contributed by atoms with Gasteiger partial charge in [0.2, 0.25) is 0 Å². The van der Waals surface area contributed by atoms with Crippen LogP contribution in [0.3, 0.4) is 0 Å². The Bertz CT molecular complexity index is 994. The first-order chi connectivity index (χ1) is 14.0. The Kier molecular flexibility index (Phi) is 6.49. The number of aromatic nitrogens is 1. The van der Waals surface area contributed by atoms with Crippen molar-refractivity contribution in [3.05, 3.63) is 46.8 Å². The first kappa shape index (κ1) is 20.8. The fraction of sp³-hybridized carbons (Fsp3) is 0.333. The molecule has 0 aliphatic carbocycles. The van der Waals surface area contributed by atoms with Crippen molar-refractivity contribution in [1.29, 1.82) is 0 Å². The Morgan fingerprint density at radius 3 is 2.62 bits per heavy atom. The van der Waals surface area contributed by atoms with Crippen LogP contribution >= 0.6 is 11.6 Å². The normalized spacial score (nSPS) is 15.2. The molecule has 1 saturated heterocycles. The van der Waals surface area contributed by atoms with Gasteiger partial charge in [-0.15, -0.1) is 0 Å². The van der Waals surface area contributed by atoms with Crippen LogP contribution in [0.1, 0.15) is 17.3 Å². The number of pyridine rings is 1. The van der Waals surface area contributed by atoms with Crippen LogP contribution in [0.15, 0.2) is 41.2 Å². The van der Waals surface area contributed by atoms with E-state index in [-0.39, 0.29) is 11.7 Å². The highest BCUT2D eigenvalue weighted by atomic mass is 35.5. The fourth-order valence-electron chi connectivity index (χ4n) is 3.49. The molecule has 29 heavy (non-hydrogen) atoms. The lowest BCUT2D eigenvalue weighted by Gasteiger charge is -2.37. The molecule has 1 aromatic carbocycles. The lowest BCUT2D eigenvalue weighted by molar-refractivity contribution is -0.127. The van der Waals surface area contributed by atoms with Crippen molar-refractivity contribution in [2.24, 2.45) is 4.99 Å². The maximum Gasteiger partial charge on any atom is 0.270 e. The summed E-state index contributed by atoms with van der Waals surface area (Å²) < 4.78 is 0. The predicted octanol–water partition coefficient (Wildman–Crippen LogP) is 2.54. The second kappa shape index (κ2) is 9.05. The van der Waals surface area contributed by atoms with E-state index >= 15 is 0 Å². The first-order valence-electron chi connectivity index (χ1n) is 9.40. The molecule has 1 aromatic heterocycles. The number of ketones is 1. The van der Waals surface area contributed by atoms with Gasteiger partial charge in [-0.1, -0.05) is 11.6 Å². The van der Waals surface area contributed by atoms with Gasteiger partial charge in [-0.3, -0.25) is 19.6 Å². The standard InChI is InChI=1S/C21H24ClN5O2/c1-14(28)16-13-17(22)15-5-4-7-25-19(15)20(16)26-9-11-27(12-10-26)21(29)18(24-3)6-8-23-2/h4-8,13,24H,9-12H2,1-3H3. The number of fused-ring (bicyclic) bond motifs is 1. The van der Waals surface area contributed by atoms with Crippen molar-refractivity contribution < 1.29 is 9.59 Å². The van der Waals surface area contributed by atoms with Gasteiger partial charge >= 0.3 is 0 Å². The summed E-state index contributed by atoms with van der Waals surface area (Å²) in [4.78, 5) is 37.3. The first-order valence-corrected chi connectivity index (χ1v) is 9.78. The van der Waals surface area contributed by atoms with Gasteiger partial charge in [0, 0.05) is 63.6 Å². The molecule has 0 spiro atoms. The van der Waals surface area contributed by atoms with E-state index in [0.717, 1.165) is 11.1 Å². The number of carbonyl (C=O) groups is 2. The number of Topliss-reactive ketones (excluding diaryl/α,β-unsaturated/α-hetero) is 1. The molecule has 0 unspecified atom stereocenters. The summed E-state index contributed by atoms with van der Waals surface area (Å²) in [5.74, 6) is -0.134. The van der Waals surface area contributed by atoms with E-state index in [9.17, 15) is 9.59 Å². The number of allylic oxidation sites excluding steroid dienone is 1. The zero-order chi connectivity index (χ0) is 21.0. The Hall–Kier alpha value is -2.93. The SMILES string of the molecule is CN=CC=C(NC)C(=O)N1CCN(c2c(C(C)=O)cc(Cl)c3cccnc23)CC1. The summed E-state index contributed by atoms with van der Waals surface area (Å²) in [6, 6.07) is 5.44. The summed E-state index contributed by atoms with van der Waals surface area (Å²) in [6.07, 6.45) is 4.95. The van der Waals surface area contributed by atoms with E-state index in [1.807, 2.05) is 12.1 Å². The van der Waals surface area contributed by atoms with Crippen LogP contribution in [-0.4, -0.2) is 68.1 Å². The average molecular weight is 414 g/mol. The molecule has 7 nitrogen and oxygen atoms in total. The van der Waals surface area contributed by atoms with Crippen LogP contribution in [0.4, 0.5) is 5.69 Å². The van der Waals surface area contributed by atoms with E-state index < -0.39 is 0 Å². The van der Waals surface area contributed by atoms with Gasteiger partial charge in [-0.05, 0) is 31.2 Å². The number of nitrogens with zero attached hydrogens (tertiary/aromatic N) is 4. The minimum Gasteiger partial charge on any atom is -0.384 e. The number of hydrogen-bond donors (Lipinski definition) is 1. The largest absolute Gasteiger partial charge is 0.384 e. The van der Waals surface area contributed by atoms with Gasteiger partial charge in [-0.2, -0.15) is 0 Å². The third-order valence-electron chi connectivity index (χ3n) is 4.97. The zero-order valence-corrected chi connectivity index (χ0v) is 17.5. The molecule has 1 aliphatic rings. The van der Waals surface area contributed by atoms with Gasteiger partial charge < -0.3 is 15.1 Å². The van der Waals surface area contributed by atoms with E-state index in [4.69, 9.17) is 11.6 Å². The smallest absolute Gasteiger partial charge is 0.270 e. The van der Waals surface area contributed by atoms with Crippen molar-refractivity contribution in [1.82, 2.24) is 15.2 Å². The second-order valence-corrected chi connectivity index (χ2v) is 7.13. The average Bonchev–Trinajstić information content (AvgIpc) is 2.74. The minimum atomic E-state index is -0.0714. The van der Waals surface area contributed by atoms with Crippen LogP contribution in [0, 0.1) is 0 Å². The van der Waals surface area contributed by atoms with Crippen LogP contribution in [-0.2, 0) is 4.79 Å². The van der Waals surface area contributed by atoms with Gasteiger partial charge in [-0.25, -0.2) is 0 Å². The minimum absolute atomic E-state index is 0.0628. The molecule has 0 bridgehead atoms. The van der Waals surface area contributed by atoms with Gasteiger partial charge in [0.25, 0.3) is 5.91 Å². The van der Waals surface area contributed by atoms with Crippen molar-refractivity contribution in [3.8, 4) is 0 Å². The van der Waals surface area contributed by atoms with E-state index in [2.05, 4.69) is 20.2 Å². The van der Waals surface area contributed by atoms with Gasteiger partial charge in [0.1, 0.15) is 5.70 Å². The summed E-state index contributed by atoms with van der Waals surface area (Å²) in [5.41, 5.74) is 2.54. The molecular weight excluding hydrogens is 390 g/mol. The lowest BCUT2D eigenvalue weighted by atomic mass is 10.0. The molecule has 0 radical (unpaired) electrons. The molecule has 1 N–H and O–H groups in total. The van der Waals surface area contributed by atoms with Crippen molar-refractivity contribution in [3.63, 3.8) is 0 Å². The number of nitrogens with one attached hydrogen (secondary N) is 1. The number of benzene rings is 1. The number of rotatable bonds is 5. The summed E-state index contributed by atoms with van der Waals surface area (Å²) in [7, 11) is 3.37. The summed E-state index contributed by atoms with van der Waals surface area (Å²) >= 11 is 6.39. The fourth-order valence-corrected chi connectivity index (χ4v) is 3.75. The van der Waals surface area contributed by atoms with Crippen molar-refractivity contribution in [2.75, 3.05) is 45.2 Å². The Morgan fingerprint density at radius 1 is 1.28 bits per heavy atom. The maximum atomic E-state index is 12.7. The van der Waals surface area contributed by atoms with Crippen LogP contribution in [0.5, 0.6) is 0 Å². The van der Waals surface area contributed by atoms with E-state index in [1.54, 1.807) is 43.5 Å². The Labute approximate surface area is 175 Å². The quantitative estimate of drug-likeness (QED) is 0.463. The molecule has 0 atom stereocenters. The topological polar surface area (TPSA) is 77.9 Å². The number of aliphatic imine (C=N–C) groups is 1.